The molecule has 0 atom stereocenters. The normalized spacial score (nSPS) is 11.2. The molecule has 0 saturated carbocycles. The summed E-state index contributed by atoms with van der Waals surface area (Å²) in [6, 6.07) is 7.07. The molecule has 0 radical (unpaired) electrons. The van der Waals surface area contributed by atoms with Crippen molar-refractivity contribution in [2.45, 2.75) is 11.8 Å². The summed E-state index contributed by atoms with van der Waals surface area (Å²) in [5.74, 6) is -0.143. The van der Waals surface area contributed by atoms with Crippen LogP contribution in [0.1, 0.15) is 6.92 Å². The maximum Gasteiger partial charge on any atom is 0.264 e. The molecule has 0 aliphatic rings. The molecule has 7 heteroatoms. The minimum atomic E-state index is -3.73. The molecule has 0 saturated heterocycles. The fourth-order valence-corrected chi connectivity index (χ4v) is 3.33. The van der Waals surface area contributed by atoms with Gasteiger partial charge in [0.1, 0.15) is 5.75 Å². The Hall–Kier alpha value is -2.28. The smallest absolute Gasteiger partial charge is 0.264 e. The summed E-state index contributed by atoms with van der Waals surface area (Å²) in [6.45, 7) is 2.01. The van der Waals surface area contributed by atoms with Gasteiger partial charge in [-0.15, -0.1) is 0 Å². The second-order valence-corrected chi connectivity index (χ2v) is 5.96. The molecule has 0 amide bonds. The summed E-state index contributed by atoms with van der Waals surface area (Å²) >= 11 is 0. The largest absolute Gasteiger partial charge is 0.506 e. The minimum absolute atomic E-state index is 0.0249. The van der Waals surface area contributed by atoms with E-state index in [4.69, 9.17) is 5.73 Å². The molecule has 20 heavy (non-hydrogen) atoms. The molecular formula is C13H15N3O3S. The first-order chi connectivity index (χ1) is 9.46. The zero-order valence-electron chi connectivity index (χ0n) is 10.9. The molecule has 3 N–H and O–H groups in total. The number of benzene rings is 1. The van der Waals surface area contributed by atoms with Crippen molar-refractivity contribution in [2.24, 2.45) is 0 Å². The SMILES string of the molecule is CCN(c1ccncc1)S(=O)(=O)c1ccc(O)c(N)c1. The number of nitrogens with two attached hydrogens (primary N) is 1. The van der Waals surface area contributed by atoms with Gasteiger partial charge in [-0.2, -0.15) is 0 Å². The molecule has 0 aliphatic carbocycles. The monoisotopic (exact) mass is 293 g/mol. The van der Waals surface area contributed by atoms with E-state index in [9.17, 15) is 13.5 Å². The van der Waals surface area contributed by atoms with Crippen LogP contribution in [-0.2, 0) is 10.0 Å². The van der Waals surface area contributed by atoms with E-state index in [-0.39, 0.29) is 22.9 Å². The Bertz CT molecular complexity index is 702. The highest BCUT2D eigenvalue weighted by Crippen LogP contribution is 2.27. The molecule has 2 aromatic rings. The summed E-state index contributed by atoms with van der Waals surface area (Å²) in [5.41, 5.74) is 6.10. The number of rotatable bonds is 4. The summed E-state index contributed by atoms with van der Waals surface area (Å²) in [6.07, 6.45) is 3.05. The van der Waals surface area contributed by atoms with E-state index in [1.807, 2.05) is 0 Å². The van der Waals surface area contributed by atoms with Crippen molar-refractivity contribution in [2.75, 3.05) is 16.6 Å². The van der Waals surface area contributed by atoms with Gasteiger partial charge in [-0.05, 0) is 37.3 Å². The molecule has 0 spiro atoms. The minimum Gasteiger partial charge on any atom is -0.506 e. The van der Waals surface area contributed by atoms with E-state index in [2.05, 4.69) is 4.98 Å². The first kappa shape index (κ1) is 14.1. The molecular weight excluding hydrogens is 278 g/mol. The van der Waals surface area contributed by atoms with Gasteiger partial charge in [-0.1, -0.05) is 0 Å². The number of sulfonamides is 1. The highest BCUT2D eigenvalue weighted by atomic mass is 32.2. The summed E-state index contributed by atoms with van der Waals surface area (Å²) in [4.78, 5) is 3.90. The van der Waals surface area contributed by atoms with Gasteiger partial charge in [-0.3, -0.25) is 9.29 Å². The van der Waals surface area contributed by atoms with Crippen molar-refractivity contribution < 1.29 is 13.5 Å². The highest BCUT2D eigenvalue weighted by Gasteiger charge is 2.24. The van der Waals surface area contributed by atoms with Crippen LogP contribution >= 0.6 is 0 Å². The van der Waals surface area contributed by atoms with E-state index in [1.165, 1.54) is 34.9 Å². The lowest BCUT2D eigenvalue weighted by molar-refractivity contribution is 0.477. The van der Waals surface area contributed by atoms with Crippen LogP contribution in [-0.4, -0.2) is 25.1 Å². The summed E-state index contributed by atoms with van der Waals surface area (Å²) in [5, 5.41) is 9.38. The third-order valence-corrected chi connectivity index (χ3v) is 4.72. The van der Waals surface area contributed by atoms with Gasteiger partial charge in [-0.25, -0.2) is 8.42 Å². The molecule has 1 heterocycles. The average Bonchev–Trinajstić information content (AvgIpc) is 2.43. The van der Waals surface area contributed by atoms with Crippen molar-refractivity contribution in [1.29, 1.82) is 0 Å². The van der Waals surface area contributed by atoms with Gasteiger partial charge in [0.05, 0.1) is 16.3 Å². The number of pyridine rings is 1. The topological polar surface area (TPSA) is 96.5 Å². The first-order valence-electron chi connectivity index (χ1n) is 5.98. The third kappa shape index (κ3) is 2.53. The van der Waals surface area contributed by atoms with Crippen molar-refractivity contribution >= 4 is 21.4 Å². The molecule has 1 aromatic heterocycles. The fraction of sp³-hybridized carbons (Fsp3) is 0.154. The van der Waals surface area contributed by atoms with Crippen molar-refractivity contribution in [3.05, 3.63) is 42.7 Å². The number of hydrogen-bond acceptors (Lipinski definition) is 5. The van der Waals surface area contributed by atoms with Gasteiger partial charge in [0.25, 0.3) is 10.0 Å². The Morgan fingerprint density at radius 3 is 2.45 bits per heavy atom. The predicted octanol–water partition coefficient (Wildman–Crippen LogP) is 1.58. The lowest BCUT2D eigenvalue weighted by atomic mass is 10.3. The van der Waals surface area contributed by atoms with E-state index in [1.54, 1.807) is 19.1 Å². The van der Waals surface area contributed by atoms with Crippen molar-refractivity contribution in [1.82, 2.24) is 4.98 Å². The number of phenolic OH excluding ortho intramolecular Hbond substituents is 1. The van der Waals surface area contributed by atoms with Crippen LogP contribution in [0, 0.1) is 0 Å². The van der Waals surface area contributed by atoms with Crippen molar-refractivity contribution in [3.63, 3.8) is 0 Å². The maximum atomic E-state index is 12.6. The average molecular weight is 293 g/mol. The first-order valence-corrected chi connectivity index (χ1v) is 7.42. The Labute approximate surface area is 117 Å². The number of aromatic nitrogens is 1. The van der Waals surface area contributed by atoms with Crippen LogP contribution in [0.4, 0.5) is 11.4 Å². The van der Waals surface area contributed by atoms with Crippen LogP contribution in [0.2, 0.25) is 0 Å². The van der Waals surface area contributed by atoms with Crippen LogP contribution in [0.3, 0.4) is 0 Å². The Morgan fingerprint density at radius 2 is 1.90 bits per heavy atom. The van der Waals surface area contributed by atoms with E-state index in [0.717, 1.165) is 0 Å². The molecule has 1 aromatic carbocycles. The Morgan fingerprint density at radius 1 is 1.25 bits per heavy atom. The standard InChI is InChI=1S/C13H15N3O3S/c1-2-16(10-5-7-15-8-6-10)20(18,19)11-3-4-13(17)12(14)9-11/h3-9,17H,2,14H2,1H3. The zero-order valence-corrected chi connectivity index (χ0v) is 11.7. The van der Waals surface area contributed by atoms with Gasteiger partial charge >= 0.3 is 0 Å². The van der Waals surface area contributed by atoms with E-state index >= 15 is 0 Å². The molecule has 0 aliphatic heterocycles. The number of aromatic hydroxyl groups is 1. The quantitative estimate of drug-likeness (QED) is 0.659. The van der Waals surface area contributed by atoms with Crippen LogP contribution < -0.4 is 10.0 Å². The van der Waals surface area contributed by atoms with Gasteiger partial charge in [0.2, 0.25) is 0 Å². The highest BCUT2D eigenvalue weighted by molar-refractivity contribution is 7.92. The van der Waals surface area contributed by atoms with Gasteiger partial charge in [0.15, 0.2) is 0 Å². The van der Waals surface area contributed by atoms with Gasteiger partial charge in [0, 0.05) is 18.9 Å². The maximum absolute atomic E-state index is 12.6. The second-order valence-electron chi connectivity index (χ2n) is 4.10. The number of anilines is 2. The fourth-order valence-electron chi connectivity index (χ4n) is 1.82. The molecule has 2 rings (SSSR count). The third-order valence-electron chi connectivity index (χ3n) is 2.82. The van der Waals surface area contributed by atoms with Crippen LogP contribution in [0.5, 0.6) is 5.75 Å². The summed E-state index contributed by atoms with van der Waals surface area (Å²) < 4.78 is 26.4. The number of nitrogen functional groups attached to an aromatic ring is 1. The van der Waals surface area contributed by atoms with Crippen molar-refractivity contribution in [3.8, 4) is 5.75 Å². The van der Waals surface area contributed by atoms with Gasteiger partial charge < -0.3 is 10.8 Å². The Kier molecular flexibility index (Phi) is 3.80. The van der Waals surface area contributed by atoms with E-state index < -0.39 is 10.0 Å². The Balaban J connectivity index is 2.50. The number of phenols is 1. The van der Waals surface area contributed by atoms with Crippen LogP contribution in [0.25, 0.3) is 0 Å². The molecule has 106 valence electrons. The van der Waals surface area contributed by atoms with Crippen LogP contribution in [0.15, 0.2) is 47.6 Å². The summed E-state index contributed by atoms with van der Waals surface area (Å²) in [7, 11) is -3.73. The number of nitrogens with zero attached hydrogens (tertiary/aromatic N) is 2. The zero-order chi connectivity index (χ0) is 14.8. The second kappa shape index (κ2) is 5.38. The molecule has 6 nitrogen and oxygen atoms in total. The molecule has 0 bridgehead atoms. The predicted molar refractivity (Wildman–Crippen MR) is 77.0 cm³/mol. The lowest BCUT2D eigenvalue weighted by Crippen LogP contribution is -2.30. The molecule has 0 fully saturated rings. The van der Waals surface area contributed by atoms with E-state index in [0.29, 0.717) is 5.69 Å². The lowest BCUT2D eigenvalue weighted by Gasteiger charge is -2.22. The number of hydrogen-bond donors (Lipinski definition) is 2. The molecule has 0 unspecified atom stereocenters.